The fraction of sp³-hybridized carbons (Fsp3) is 0.250. The summed E-state index contributed by atoms with van der Waals surface area (Å²) >= 11 is 0. The fourth-order valence-electron chi connectivity index (χ4n) is 1.20. The molecule has 0 aromatic heterocycles. The fourth-order valence-corrected chi connectivity index (χ4v) is 1.20. The lowest BCUT2D eigenvalue weighted by Crippen LogP contribution is -2.28. The van der Waals surface area contributed by atoms with Crippen LogP contribution in [0.15, 0.2) is 36.9 Å². The first-order chi connectivity index (χ1) is 7.65. The highest BCUT2D eigenvalue weighted by atomic mass is 16.1. The molecular weight excluding hydrogens is 202 g/mol. The third kappa shape index (κ3) is 3.74. The molecule has 0 spiro atoms. The lowest BCUT2D eigenvalue weighted by atomic mass is 10.2. The molecular formula is C12H17N3O. The van der Waals surface area contributed by atoms with E-state index >= 15 is 0 Å². The van der Waals surface area contributed by atoms with Gasteiger partial charge in [-0.25, -0.2) is 0 Å². The van der Waals surface area contributed by atoms with Crippen molar-refractivity contribution in [3.63, 3.8) is 0 Å². The van der Waals surface area contributed by atoms with Crippen LogP contribution in [0.25, 0.3) is 0 Å². The average molecular weight is 219 g/mol. The molecule has 0 radical (unpaired) electrons. The van der Waals surface area contributed by atoms with Gasteiger partial charge in [-0.2, -0.15) is 0 Å². The van der Waals surface area contributed by atoms with Crippen LogP contribution < -0.4 is 16.4 Å². The second kappa shape index (κ2) is 5.92. The van der Waals surface area contributed by atoms with Gasteiger partial charge in [0.15, 0.2) is 0 Å². The van der Waals surface area contributed by atoms with Crippen LogP contribution in [0.5, 0.6) is 0 Å². The van der Waals surface area contributed by atoms with E-state index in [0.717, 1.165) is 17.8 Å². The SMILES string of the molecule is C=CC(=O)Nc1cccc(NC(N)CC)c1. The Bertz CT molecular complexity index is 376. The molecule has 0 heterocycles. The smallest absolute Gasteiger partial charge is 0.247 e. The van der Waals surface area contributed by atoms with Crippen molar-refractivity contribution in [1.82, 2.24) is 0 Å². The number of hydrogen-bond donors (Lipinski definition) is 3. The van der Waals surface area contributed by atoms with Gasteiger partial charge in [-0.3, -0.25) is 4.79 Å². The summed E-state index contributed by atoms with van der Waals surface area (Å²) < 4.78 is 0. The largest absolute Gasteiger partial charge is 0.370 e. The summed E-state index contributed by atoms with van der Waals surface area (Å²) in [4.78, 5) is 11.1. The summed E-state index contributed by atoms with van der Waals surface area (Å²) in [6, 6.07) is 7.39. The third-order valence-corrected chi connectivity index (χ3v) is 2.11. The van der Waals surface area contributed by atoms with Crippen molar-refractivity contribution in [2.45, 2.75) is 19.5 Å². The van der Waals surface area contributed by atoms with E-state index in [1.807, 2.05) is 31.2 Å². The van der Waals surface area contributed by atoms with Gasteiger partial charge in [-0.05, 0) is 30.7 Å². The molecule has 1 aromatic rings. The highest BCUT2D eigenvalue weighted by Crippen LogP contribution is 2.15. The topological polar surface area (TPSA) is 67.2 Å². The van der Waals surface area contributed by atoms with Crippen molar-refractivity contribution < 1.29 is 4.79 Å². The molecule has 16 heavy (non-hydrogen) atoms. The second-order valence-corrected chi connectivity index (χ2v) is 3.43. The number of hydrogen-bond acceptors (Lipinski definition) is 3. The van der Waals surface area contributed by atoms with E-state index < -0.39 is 0 Å². The molecule has 0 aliphatic heterocycles. The molecule has 0 saturated heterocycles. The van der Waals surface area contributed by atoms with Gasteiger partial charge in [-0.15, -0.1) is 0 Å². The number of benzene rings is 1. The van der Waals surface area contributed by atoms with Crippen LogP contribution in [0.1, 0.15) is 13.3 Å². The molecule has 4 nitrogen and oxygen atoms in total. The normalized spacial score (nSPS) is 11.6. The number of anilines is 2. The highest BCUT2D eigenvalue weighted by molar-refractivity contribution is 5.99. The van der Waals surface area contributed by atoms with Crippen LogP contribution in [0.4, 0.5) is 11.4 Å². The van der Waals surface area contributed by atoms with Gasteiger partial charge in [0.25, 0.3) is 0 Å². The van der Waals surface area contributed by atoms with Crippen LogP contribution in [0.3, 0.4) is 0 Å². The van der Waals surface area contributed by atoms with Crippen molar-refractivity contribution >= 4 is 17.3 Å². The zero-order chi connectivity index (χ0) is 12.0. The summed E-state index contributed by atoms with van der Waals surface area (Å²) in [6.07, 6.45) is 1.99. The molecule has 1 rings (SSSR count). The van der Waals surface area contributed by atoms with Crippen LogP contribution in [-0.4, -0.2) is 12.1 Å². The van der Waals surface area contributed by atoms with E-state index in [1.54, 1.807) is 0 Å². The Hall–Kier alpha value is -1.81. The number of rotatable bonds is 5. The lowest BCUT2D eigenvalue weighted by Gasteiger charge is -2.13. The zero-order valence-electron chi connectivity index (χ0n) is 9.36. The summed E-state index contributed by atoms with van der Waals surface area (Å²) in [5, 5.41) is 5.81. The van der Waals surface area contributed by atoms with Gasteiger partial charge in [0, 0.05) is 11.4 Å². The molecule has 0 fully saturated rings. The molecule has 1 aromatic carbocycles. The predicted molar refractivity (Wildman–Crippen MR) is 67.2 cm³/mol. The maximum Gasteiger partial charge on any atom is 0.247 e. The predicted octanol–water partition coefficient (Wildman–Crippen LogP) is 1.92. The van der Waals surface area contributed by atoms with E-state index in [0.29, 0.717) is 0 Å². The zero-order valence-corrected chi connectivity index (χ0v) is 9.36. The molecule has 0 aliphatic rings. The van der Waals surface area contributed by atoms with Crippen molar-refractivity contribution in [2.24, 2.45) is 5.73 Å². The van der Waals surface area contributed by atoms with Crippen molar-refractivity contribution in [1.29, 1.82) is 0 Å². The number of nitrogens with one attached hydrogen (secondary N) is 2. The van der Waals surface area contributed by atoms with Crippen molar-refractivity contribution in [3.8, 4) is 0 Å². The second-order valence-electron chi connectivity index (χ2n) is 3.43. The summed E-state index contributed by atoms with van der Waals surface area (Å²) in [7, 11) is 0. The number of nitrogens with two attached hydrogens (primary N) is 1. The average Bonchev–Trinajstić information content (AvgIpc) is 2.29. The Morgan fingerprint density at radius 3 is 2.88 bits per heavy atom. The van der Waals surface area contributed by atoms with Crippen LogP contribution in [0, 0.1) is 0 Å². The first-order valence-corrected chi connectivity index (χ1v) is 5.21. The Labute approximate surface area is 95.5 Å². The first kappa shape index (κ1) is 12.3. The molecule has 1 unspecified atom stereocenters. The summed E-state index contributed by atoms with van der Waals surface area (Å²) in [5.74, 6) is -0.225. The van der Waals surface area contributed by atoms with E-state index in [-0.39, 0.29) is 12.1 Å². The summed E-state index contributed by atoms with van der Waals surface area (Å²) in [5.41, 5.74) is 7.37. The molecule has 1 amide bonds. The van der Waals surface area contributed by atoms with Crippen molar-refractivity contribution in [3.05, 3.63) is 36.9 Å². The number of carbonyl (C=O) groups excluding carboxylic acids is 1. The summed E-state index contributed by atoms with van der Waals surface area (Å²) in [6.45, 7) is 5.39. The Morgan fingerprint density at radius 2 is 2.25 bits per heavy atom. The van der Waals surface area contributed by atoms with E-state index in [4.69, 9.17) is 5.73 Å². The molecule has 1 atom stereocenters. The van der Waals surface area contributed by atoms with Crippen LogP contribution in [-0.2, 0) is 4.79 Å². The molecule has 4 N–H and O–H groups in total. The minimum atomic E-state index is -0.225. The van der Waals surface area contributed by atoms with Gasteiger partial charge in [0.05, 0.1) is 6.17 Å². The number of amides is 1. The first-order valence-electron chi connectivity index (χ1n) is 5.21. The molecule has 0 saturated carbocycles. The molecule has 86 valence electrons. The van der Waals surface area contributed by atoms with Crippen molar-refractivity contribution in [2.75, 3.05) is 10.6 Å². The molecule has 0 aliphatic carbocycles. The monoisotopic (exact) mass is 219 g/mol. The Morgan fingerprint density at radius 1 is 1.56 bits per heavy atom. The van der Waals surface area contributed by atoms with Crippen LogP contribution >= 0.6 is 0 Å². The molecule has 4 heteroatoms. The van der Waals surface area contributed by atoms with Gasteiger partial charge in [0.2, 0.25) is 5.91 Å². The van der Waals surface area contributed by atoms with Gasteiger partial charge in [-0.1, -0.05) is 19.6 Å². The van der Waals surface area contributed by atoms with Gasteiger partial charge >= 0.3 is 0 Å². The third-order valence-electron chi connectivity index (χ3n) is 2.11. The highest BCUT2D eigenvalue weighted by Gasteiger charge is 2.01. The molecule has 0 bridgehead atoms. The number of carbonyl (C=O) groups is 1. The minimum absolute atomic E-state index is 0.0784. The maximum atomic E-state index is 11.1. The lowest BCUT2D eigenvalue weighted by molar-refractivity contribution is -0.111. The Kier molecular flexibility index (Phi) is 4.54. The van der Waals surface area contributed by atoms with E-state index in [1.165, 1.54) is 6.08 Å². The van der Waals surface area contributed by atoms with Crippen LogP contribution in [0.2, 0.25) is 0 Å². The van der Waals surface area contributed by atoms with E-state index in [9.17, 15) is 4.79 Å². The Balaban J connectivity index is 2.70. The maximum absolute atomic E-state index is 11.1. The minimum Gasteiger partial charge on any atom is -0.370 e. The quantitative estimate of drug-likeness (QED) is 0.523. The van der Waals surface area contributed by atoms with E-state index in [2.05, 4.69) is 17.2 Å². The van der Waals surface area contributed by atoms with Gasteiger partial charge < -0.3 is 16.4 Å². The standard InChI is InChI=1S/C12H17N3O/c1-3-11(13)14-9-6-5-7-10(8-9)15-12(16)4-2/h4-8,11,14H,2-3,13H2,1H3,(H,15,16). The van der Waals surface area contributed by atoms with Gasteiger partial charge in [0.1, 0.15) is 0 Å².